The van der Waals surface area contributed by atoms with E-state index in [0.717, 1.165) is 25.0 Å². The van der Waals surface area contributed by atoms with E-state index in [1.807, 2.05) is 10.8 Å². The fourth-order valence-corrected chi connectivity index (χ4v) is 3.53. The van der Waals surface area contributed by atoms with Gasteiger partial charge in [-0.2, -0.15) is 0 Å². The molecule has 69 valence electrons. The van der Waals surface area contributed by atoms with Crippen molar-refractivity contribution in [1.29, 1.82) is 0 Å². The topological polar surface area (TPSA) is 31.2 Å². The lowest BCUT2D eigenvalue weighted by Gasteiger charge is -2.05. The largest absolute Gasteiger partial charge is 0.273 e. The number of hydrogen-bond acceptors (Lipinski definition) is 3. The van der Waals surface area contributed by atoms with Crippen molar-refractivity contribution in [3.63, 3.8) is 0 Å². The SMILES string of the molecule is CCCCC(=O)[N]C1CCSS1. The van der Waals surface area contributed by atoms with Gasteiger partial charge < -0.3 is 0 Å². The van der Waals surface area contributed by atoms with E-state index < -0.39 is 0 Å². The van der Waals surface area contributed by atoms with Crippen LogP contribution in [0.5, 0.6) is 0 Å². The van der Waals surface area contributed by atoms with Gasteiger partial charge in [0.2, 0.25) is 5.91 Å². The van der Waals surface area contributed by atoms with E-state index in [1.54, 1.807) is 10.8 Å². The Balaban J connectivity index is 2.08. The molecule has 0 N–H and O–H groups in total. The van der Waals surface area contributed by atoms with Crippen molar-refractivity contribution in [2.45, 2.75) is 38.0 Å². The van der Waals surface area contributed by atoms with Crippen molar-refractivity contribution in [2.24, 2.45) is 0 Å². The van der Waals surface area contributed by atoms with E-state index in [-0.39, 0.29) is 11.3 Å². The second-order valence-corrected chi connectivity index (χ2v) is 5.45. The first-order valence-corrected chi connectivity index (χ1v) is 6.73. The molecule has 0 aromatic carbocycles. The molecule has 12 heavy (non-hydrogen) atoms. The summed E-state index contributed by atoms with van der Waals surface area (Å²) < 4.78 is 0. The molecule has 4 heteroatoms. The average molecular weight is 204 g/mol. The highest BCUT2D eigenvalue weighted by atomic mass is 33.1. The standard InChI is InChI=1S/C8H14NOS2/c1-2-3-4-7(10)9-8-5-6-11-12-8/h8H,2-6H2,1H3. The van der Waals surface area contributed by atoms with E-state index in [9.17, 15) is 4.79 Å². The highest BCUT2D eigenvalue weighted by Crippen LogP contribution is 2.36. The fourth-order valence-electron chi connectivity index (χ4n) is 0.963. The van der Waals surface area contributed by atoms with Crippen LogP contribution in [0.2, 0.25) is 0 Å². The molecule has 1 radical (unpaired) electrons. The van der Waals surface area contributed by atoms with Gasteiger partial charge in [0.25, 0.3) is 0 Å². The van der Waals surface area contributed by atoms with Gasteiger partial charge in [-0.1, -0.05) is 34.9 Å². The molecule has 0 saturated carbocycles. The van der Waals surface area contributed by atoms with Gasteiger partial charge in [-0.25, -0.2) is 5.32 Å². The molecule has 0 bridgehead atoms. The zero-order valence-corrected chi connectivity index (χ0v) is 8.92. The Labute approximate surface area is 81.6 Å². The minimum atomic E-state index is 0.0943. The smallest absolute Gasteiger partial charge is 0.242 e. The maximum Gasteiger partial charge on any atom is 0.242 e. The van der Waals surface area contributed by atoms with Crippen molar-refractivity contribution in [1.82, 2.24) is 5.32 Å². The lowest BCUT2D eigenvalue weighted by atomic mass is 10.2. The fraction of sp³-hybridized carbons (Fsp3) is 0.875. The number of hydrogen-bond donors (Lipinski definition) is 0. The zero-order valence-electron chi connectivity index (χ0n) is 7.28. The molecule has 1 heterocycles. The van der Waals surface area contributed by atoms with Crippen LogP contribution in [-0.2, 0) is 4.79 Å². The second kappa shape index (κ2) is 5.75. The lowest BCUT2D eigenvalue weighted by molar-refractivity contribution is -0.121. The van der Waals surface area contributed by atoms with Gasteiger partial charge in [0.15, 0.2) is 0 Å². The number of amides is 1. The molecule has 1 saturated heterocycles. The van der Waals surface area contributed by atoms with Gasteiger partial charge >= 0.3 is 0 Å². The lowest BCUT2D eigenvalue weighted by Crippen LogP contribution is -2.22. The zero-order chi connectivity index (χ0) is 8.81. The Bertz CT molecular complexity index is 146. The number of carbonyl (C=O) groups excluding carboxylic acids is 1. The number of carbonyl (C=O) groups is 1. The third kappa shape index (κ3) is 3.72. The maximum absolute atomic E-state index is 11.2. The summed E-state index contributed by atoms with van der Waals surface area (Å²) in [5.74, 6) is 1.23. The molecule has 1 aliphatic heterocycles. The summed E-state index contributed by atoms with van der Waals surface area (Å²) >= 11 is 0. The Morgan fingerprint density at radius 3 is 3.08 bits per heavy atom. The van der Waals surface area contributed by atoms with Gasteiger partial charge in [-0.3, -0.25) is 4.79 Å². The van der Waals surface area contributed by atoms with Crippen LogP contribution in [0.3, 0.4) is 0 Å². The van der Waals surface area contributed by atoms with Gasteiger partial charge in [-0.15, -0.1) is 0 Å². The predicted molar refractivity (Wildman–Crippen MR) is 55.1 cm³/mol. The number of nitrogens with zero attached hydrogens (tertiary/aromatic N) is 1. The van der Waals surface area contributed by atoms with Crippen molar-refractivity contribution in [3.8, 4) is 0 Å². The molecule has 1 amide bonds. The summed E-state index contributed by atoms with van der Waals surface area (Å²) in [5.41, 5.74) is 0. The van der Waals surface area contributed by atoms with Crippen molar-refractivity contribution < 1.29 is 4.79 Å². The van der Waals surface area contributed by atoms with Crippen LogP contribution in [0.1, 0.15) is 32.6 Å². The molecule has 0 spiro atoms. The van der Waals surface area contributed by atoms with Crippen LogP contribution in [0.15, 0.2) is 0 Å². The molecule has 1 aliphatic rings. The van der Waals surface area contributed by atoms with Crippen LogP contribution in [0.4, 0.5) is 0 Å². The number of unbranched alkanes of at least 4 members (excludes halogenated alkanes) is 1. The van der Waals surface area contributed by atoms with E-state index in [2.05, 4.69) is 12.2 Å². The summed E-state index contributed by atoms with van der Waals surface area (Å²) in [5, 5.41) is 4.37. The summed E-state index contributed by atoms with van der Waals surface area (Å²) in [6, 6.07) is 0. The summed E-state index contributed by atoms with van der Waals surface area (Å²) in [6.07, 6.45) is 3.76. The molecule has 1 unspecified atom stereocenters. The molecular formula is C8H14NOS2. The molecule has 1 rings (SSSR count). The van der Waals surface area contributed by atoms with Crippen LogP contribution < -0.4 is 5.32 Å². The van der Waals surface area contributed by atoms with E-state index in [1.165, 1.54) is 0 Å². The van der Waals surface area contributed by atoms with E-state index in [0.29, 0.717) is 6.42 Å². The van der Waals surface area contributed by atoms with E-state index in [4.69, 9.17) is 0 Å². The third-order valence-electron chi connectivity index (χ3n) is 1.66. The summed E-state index contributed by atoms with van der Waals surface area (Å²) in [4.78, 5) is 11.2. The van der Waals surface area contributed by atoms with E-state index >= 15 is 0 Å². The quantitative estimate of drug-likeness (QED) is 0.659. The molecule has 2 nitrogen and oxygen atoms in total. The van der Waals surface area contributed by atoms with Gasteiger partial charge in [-0.05, 0) is 12.8 Å². The molecule has 0 aromatic heterocycles. The summed E-state index contributed by atoms with van der Waals surface area (Å²) in [6.45, 7) is 2.09. The molecule has 0 aliphatic carbocycles. The Hall–Kier alpha value is 0.170. The predicted octanol–water partition coefficient (Wildman–Crippen LogP) is 2.42. The summed E-state index contributed by atoms with van der Waals surface area (Å²) in [7, 11) is 3.55. The van der Waals surface area contributed by atoms with Gasteiger partial charge in [0.1, 0.15) is 5.37 Å². The average Bonchev–Trinajstić information content (AvgIpc) is 2.53. The monoisotopic (exact) mass is 204 g/mol. The Morgan fingerprint density at radius 2 is 2.50 bits per heavy atom. The Kier molecular flexibility index (Phi) is 4.92. The van der Waals surface area contributed by atoms with Crippen LogP contribution in [0.25, 0.3) is 0 Å². The minimum absolute atomic E-state index is 0.0943. The van der Waals surface area contributed by atoms with Crippen molar-refractivity contribution in [2.75, 3.05) is 5.75 Å². The van der Waals surface area contributed by atoms with Crippen molar-refractivity contribution in [3.05, 3.63) is 0 Å². The first-order valence-electron chi connectivity index (χ1n) is 4.35. The molecule has 1 fully saturated rings. The second-order valence-electron chi connectivity index (χ2n) is 2.79. The van der Waals surface area contributed by atoms with Crippen LogP contribution >= 0.6 is 21.6 Å². The molecule has 0 aromatic rings. The van der Waals surface area contributed by atoms with Crippen LogP contribution in [-0.4, -0.2) is 17.0 Å². The number of rotatable bonds is 4. The van der Waals surface area contributed by atoms with Gasteiger partial charge in [0.05, 0.1) is 0 Å². The first-order chi connectivity index (χ1) is 5.83. The highest BCUT2D eigenvalue weighted by Gasteiger charge is 2.19. The molecular weight excluding hydrogens is 190 g/mol. The highest BCUT2D eigenvalue weighted by molar-refractivity contribution is 8.77. The van der Waals surface area contributed by atoms with Crippen LogP contribution in [0, 0.1) is 0 Å². The normalized spacial score (nSPS) is 22.6. The minimum Gasteiger partial charge on any atom is -0.273 e. The van der Waals surface area contributed by atoms with Crippen molar-refractivity contribution >= 4 is 27.5 Å². The first kappa shape index (κ1) is 10.3. The van der Waals surface area contributed by atoms with Gasteiger partial charge in [0, 0.05) is 12.2 Å². The molecule has 1 atom stereocenters. The third-order valence-corrected chi connectivity index (χ3v) is 4.34. The Morgan fingerprint density at radius 1 is 1.67 bits per heavy atom. The maximum atomic E-state index is 11.2.